The number of hydrogen-bond donors (Lipinski definition) is 3. The molecule has 0 spiro atoms. The summed E-state index contributed by atoms with van der Waals surface area (Å²) in [7, 11) is 0. The van der Waals surface area contributed by atoms with Crippen molar-refractivity contribution in [2.75, 3.05) is 6.61 Å². The van der Waals surface area contributed by atoms with Crippen LogP contribution in [0.1, 0.15) is 34.1 Å². The molecule has 0 rings (SSSR count). The predicted molar refractivity (Wildman–Crippen MR) is 57.0 cm³/mol. The molecule has 2 atom stereocenters. The lowest BCUT2D eigenvalue weighted by atomic mass is 10.1. The van der Waals surface area contributed by atoms with Gasteiger partial charge < -0.3 is 15.9 Å². The normalized spacial score (nSPS) is 14.2. The van der Waals surface area contributed by atoms with Crippen molar-refractivity contribution in [1.82, 2.24) is 0 Å². The highest BCUT2D eigenvalue weighted by Crippen LogP contribution is 1.96. The molecule has 4 nitrogen and oxygen atoms in total. The quantitative estimate of drug-likeness (QED) is 0.641. The second-order valence-corrected chi connectivity index (χ2v) is 3.80. The topological polar surface area (TPSA) is 83.6 Å². The van der Waals surface area contributed by atoms with Gasteiger partial charge in [0.15, 0.2) is 0 Å². The third-order valence-corrected chi connectivity index (χ3v) is 2.01. The average molecular weight is 205 g/mol. The fraction of sp³-hybridized carbons (Fsp3) is 0.900. The van der Waals surface area contributed by atoms with Crippen LogP contribution in [-0.2, 0) is 4.79 Å². The van der Waals surface area contributed by atoms with Crippen LogP contribution in [0.2, 0.25) is 0 Å². The Labute approximate surface area is 86.1 Å². The van der Waals surface area contributed by atoms with Crippen molar-refractivity contribution in [3.63, 3.8) is 0 Å². The minimum atomic E-state index is -0.931. The summed E-state index contributed by atoms with van der Waals surface area (Å²) in [6.45, 7) is 7.98. The molecule has 0 amide bonds. The summed E-state index contributed by atoms with van der Waals surface area (Å²) < 4.78 is 0. The molecular weight excluding hydrogens is 182 g/mol. The first-order valence-electron chi connectivity index (χ1n) is 4.95. The number of aliphatic carboxylic acids is 1. The number of carbonyl (C=O) groups is 1. The molecule has 4 N–H and O–H groups in total. The number of aliphatic hydroxyl groups excluding tert-OH is 1. The first-order valence-corrected chi connectivity index (χ1v) is 4.95. The smallest absolute Gasteiger partial charge is 0.320 e. The number of aliphatic hydroxyl groups is 1. The monoisotopic (exact) mass is 205 g/mol. The first kappa shape index (κ1) is 15.8. The fourth-order valence-electron chi connectivity index (χ4n) is 0.414. The molecule has 0 aromatic carbocycles. The number of carboxylic acid groups (broad SMARTS) is 1. The van der Waals surface area contributed by atoms with E-state index < -0.39 is 12.0 Å². The average Bonchev–Trinajstić information content (AvgIpc) is 2.15. The second-order valence-electron chi connectivity index (χ2n) is 3.80. The number of rotatable bonds is 4. The zero-order valence-electron chi connectivity index (χ0n) is 9.53. The molecule has 0 aliphatic rings. The van der Waals surface area contributed by atoms with Gasteiger partial charge in [-0.3, -0.25) is 4.79 Å². The van der Waals surface area contributed by atoms with Crippen LogP contribution in [0.15, 0.2) is 0 Å². The second kappa shape index (κ2) is 8.97. The molecule has 14 heavy (non-hydrogen) atoms. The van der Waals surface area contributed by atoms with Gasteiger partial charge >= 0.3 is 5.97 Å². The van der Waals surface area contributed by atoms with E-state index in [-0.39, 0.29) is 5.92 Å². The highest BCUT2D eigenvalue weighted by atomic mass is 16.4. The highest BCUT2D eigenvalue weighted by molar-refractivity contribution is 5.73. The summed E-state index contributed by atoms with van der Waals surface area (Å²) in [5, 5.41) is 16.6. The molecule has 4 heteroatoms. The van der Waals surface area contributed by atoms with Crippen molar-refractivity contribution in [3.8, 4) is 0 Å². The summed E-state index contributed by atoms with van der Waals surface area (Å²) in [6.07, 6.45) is 1.08. The molecule has 0 heterocycles. The molecule has 0 saturated carbocycles. The Balaban J connectivity index is 0. The molecule has 86 valence electrons. The van der Waals surface area contributed by atoms with Crippen LogP contribution in [0.4, 0.5) is 0 Å². The standard InChI is InChI=1S/C5H11NO2.C5H12O/c1-3(2)4(6)5(7)8;1-3-5(2)4-6/h3-4H,6H2,1-2H3,(H,7,8);5-6H,3-4H2,1-2H3. The molecule has 0 bridgehead atoms. The molecule has 0 aliphatic heterocycles. The Morgan fingerprint density at radius 2 is 1.79 bits per heavy atom. The van der Waals surface area contributed by atoms with Crippen LogP contribution in [0.3, 0.4) is 0 Å². The van der Waals surface area contributed by atoms with Crippen molar-refractivity contribution >= 4 is 5.97 Å². The maximum Gasteiger partial charge on any atom is 0.320 e. The molecule has 0 saturated heterocycles. The van der Waals surface area contributed by atoms with E-state index in [1.807, 2.05) is 6.92 Å². The van der Waals surface area contributed by atoms with Gasteiger partial charge in [0.2, 0.25) is 0 Å². The fourth-order valence-corrected chi connectivity index (χ4v) is 0.414. The lowest BCUT2D eigenvalue weighted by Gasteiger charge is -2.07. The van der Waals surface area contributed by atoms with Crippen LogP contribution in [0.25, 0.3) is 0 Å². The van der Waals surface area contributed by atoms with E-state index in [9.17, 15) is 4.79 Å². The lowest BCUT2D eigenvalue weighted by Crippen LogP contribution is -2.34. The van der Waals surface area contributed by atoms with Gasteiger partial charge in [-0.25, -0.2) is 0 Å². The maximum atomic E-state index is 10.0. The number of nitrogens with two attached hydrogens (primary N) is 1. The molecule has 0 radical (unpaired) electrons. The van der Waals surface area contributed by atoms with E-state index in [1.54, 1.807) is 13.8 Å². The van der Waals surface area contributed by atoms with Gasteiger partial charge in [-0.15, -0.1) is 0 Å². The zero-order chi connectivity index (χ0) is 11.7. The molecule has 2 unspecified atom stereocenters. The van der Waals surface area contributed by atoms with Gasteiger partial charge in [-0.05, 0) is 11.8 Å². The Kier molecular flexibility index (Phi) is 10.1. The molecule has 0 aromatic rings. The minimum Gasteiger partial charge on any atom is -0.480 e. The van der Waals surface area contributed by atoms with Crippen molar-refractivity contribution in [3.05, 3.63) is 0 Å². The zero-order valence-corrected chi connectivity index (χ0v) is 9.53. The Morgan fingerprint density at radius 3 is 1.79 bits per heavy atom. The molecule has 0 aliphatic carbocycles. The largest absolute Gasteiger partial charge is 0.480 e. The van der Waals surface area contributed by atoms with Crippen LogP contribution >= 0.6 is 0 Å². The summed E-state index contributed by atoms with van der Waals surface area (Å²) in [6, 6.07) is -0.713. The van der Waals surface area contributed by atoms with Gasteiger partial charge in [0.25, 0.3) is 0 Å². The van der Waals surface area contributed by atoms with E-state index in [1.165, 1.54) is 0 Å². The summed E-state index contributed by atoms with van der Waals surface area (Å²) in [5.41, 5.74) is 5.16. The molecular formula is C10H23NO3. The lowest BCUT2D eigenvalue weighted by molar-refractivity contribution is -0.139. The van der Waals surface area contributed by atoms with Crippen molar-refractivity contribution in [2.24, 2.45) is 17.6 Å². The van der Waals surface area contributed by atoms with Crippen LogP contribution < -0.4 is 5.73 Å². The third-order valence-electron chi connectivity index (χ3n) is 2.01. The maximum absolute atomic E-state index is 10.0. The van der Waals surface area contributed by atoms with E-state index in [4.69, 9.17) is 15.9 Å². The number of hydrogen-bond acceptors (Lipinski definition) is 3. The van der Waals surface area contributed by atoms with Gasteiger partial charge in [-0.1, -0.05) is 34.1 Å². The van der Waals surface area contributed by atoms with E-state index in [2.05, 4.69) is 6.92 Å². The predicted octanol–water partition coefficient (Wildman–Crippen LogP) is 1.08. The van der Waals surface area contributed by atoms with Gasteiger partial charge in [0.1, 0.15) is 6.04 Å². The van der Waals surface area contributed by atoms with E-state index >= 15 is 0 Å². The van der Waals surface area contributed by atoms with Crippen LogP contribution in [0.5, 0.6) is 0 Å². The van der Waals surface area contributed by atoms with Crippen molar-refractivity contribution in [1.29, 1.82) is 0 Å². The van der Waals surface area contributed by atoms with Crippen molar-refractivity contribution < 1.29 is 15.0 Å². The Bertz CT molecular complexity index is 144. The Hall–Kier alpha value is -0.610. The van der Waals surface area contributed by atoms with Crippen LogP contribution in [0, 0.1) is 11.8 Å². The van der Waals surface area contributed by atoms with Crippen molar-refractivity contribution in [2.45, 2.75) is 40.2 Å². The van der Waals surface area contributed by atoms with E-state index in [0.29, 0.717) is 12.5 Å². The SMILES string of the molecule is CC(C)C(N)C(=O)O.CCC(C)CO. The summed E-state index contributed by atoms with van der Waals surface area (Å²) in [5.74, 6) is -0.419. The van der Waals surface area contributed by atoms with Crippen LogP contribution in [-0.4, -0.2) is 28.8 Å². The molecule has 0 aromatic heterocycles. The van der Waals surface area contributed by atoms with Gasteiger partial charge in [-0.2, -0.15) is 0 Å². The van der Waals surface area contributed by atoms with Gasteiger partial charge in [0.05, 0.1) is 0 Å². The first-order chi connectivity index (χ1) is 6.36. The third kappa shape index (κ3) is 9.48. The summed E-state index contributed by atoms with van der Waals surface area (Å²) in [4.78, 5) is 10.0. The number of carboxylic acids is 1. The van der Waals surface area contributed by atoms with E-state index in [0.717, 1.165) is 6.42 Å². The Morgan fingerprint density at radius 1 is 1.36 bits per heavy atom. The minimum absolute atomic E-state index is 0.0208. The summed E-state index contributed by atoms with van der Waals surface area (Å²) >= 11 is 0. The van der Waals surface area contributed by atoms with Gasteiger partial charge in [0, 0.05) is 6.61 Å². The highest BCUT2D eigenvalue weighted by Gasteiger charge is 2.14. The molecule has 0 fully saturated rings.